The van der Waals surface area contributed by atoms with Gasteiger partial charge in [-0.3, -0.25) is 9.69 Å². The Bertz CT molecular complexity index is 674. The molecule has 128 valence electrons. The number of benzene rings is 1. The van der Waals surface area contributed by atoms with Gasteiger partial charge in [0.1, 0.15) is 6.10 Å². The highest BCUT2D eigenvalue weighted by Crippen LogP contribution is 2.44. The van der Waals surface area contributed by atoms with Gasteiger partial charge in [0.05, 0.1) is 6.04 Å². The summed E-state index contributed by atoms with van der Waals surface area (Å²) in [6.45, 7) is 0.493. The van der Waals surface area contributed by atoms with Crippen LogP contribution >= 0.6 is 0 Å². The molecule has 5 nitrogen and oxygen atoms in total. The first-order valence-electron chi connectivity index (χ1n) is 8.20. The molecule has 1 aromatic carbocycles. The Kier molecular flexibility index (Phi) is 3.66. The second-order valence-electron chi connectivity index (χ2n) is 6.53. The molecule has 2 aliphatic heterocycles. The summed E-state index contributed by atoms with van der Waals surface area (Å²) in [7, 11) is 0. The third-order valence-electron chi connectivity index (χ3n) is 5.27. The van der Waals surface area contributed by atoms with Crippen molar-refractivity contribution in [2.75, 3.05) is 13.1 Å². The molecule has 1 aromatic rings. The standard InChI is InChI=1S/C17H18F2N2O3/c18-15(19)16(22)20-7-5-11(6-8-20)21-14-12-4-2-1-3-10(12)9-13(14)24-17(21)23/h1-4,11,13-15H,5-9H2/t13-,14+/m1/s1. The Labute approximate surface area is 138 Å². The number of amides is 2. The number of ether oxygens (including phenoxy) is 1. The average Bonchev–Trinajstić information content (AvgIpc) is 3.08. The fourth-order valence-corrected chi connectivity index (χ4v) is 4.15. The van der Waals surface area contributed by atoms with Crippen LogP contribution in [-0.2, 0) is 16.0 Å². The molecule has 0 bridgehead atoms. The molecule has 0 radical (unpaired) electrons. The third-order valence-corrected chi connectivity index (χ3v) is 5.27. The maximum absolute atomic E-state index is 12.5. The largest absolute Gasteiger partial charge is 0.443 e. The van der Waals surface area contributed by atoms with Gasteiger partial charge >= 0.3 is 12.5 Å². The molecule has 2 saturated heterocycles. The molecule has 0 aromatic heterocycles. The Morgan fingerprint density at radius 2 is 1.92 bits per heavy atom. The first-order valence-corrected chi connectivity index (χ1v) is 8.20. The van der Waals surface area contributed by atoms with Crippen molar-refractivity contribution < 1.29 is 23.1 Å². The molecule has 2 heterocycles. The number of hydrogen-bond donors (Lipinski definition) is 0. The van der Waals surface area contributed by atoms with Crippen LogP contribution in [0.25, 0.3) is 0 Å². The average molecular weight is 336 g/mol. The van der Waals surface area contributed by atoms with E-state index in [0.717, 1.165) is 5.56 Å². The second-order valence-corrected chi connectivity index (χ2v) is 6.53. The quantitative estimate of drug-likeness (QED) is 0.833. The van der Waals surface area contributed by atoms with E-state index >= 15 is 0 Å². The van der Waals surface area contributed by atoms with Crippen LogP contribution < -0.4 is 0 Å². The molecule has 24 heavy (non-hydrogen) atoms. The van der Waals surface area contributed by atoms with Gasteiger partial charge in [0.15, 0.2) is 0 Å². The van der Waals surface area contributed by atoms with Gasteiger partial charge in [-0.15, -0.1) is 0 Å². The first-order chi connectivity index (χ1) is 11.6. The molecule has 2 atom stereocenters. The van der Waals surface area contributed by atoms with Gasteiger partial charge in [-0.25, -0.2) is 4.79 Å². The lowest BCUT2D eigenvalue weighted by molar-refractivity contribution is -0.144. The van der Waals surface area contributed by atoms with E-state index < -0.39 is 12.3 Å². The number of fused-ring (bicyclic) bond motifs is 3. The molecule has 7 heteroatoms. The molecule has 0 unspecified atom stereocenters. The van der Waals surface area contributed by atoms with Crippen LogP contribution in [0.15, 0.2) is 24.3 Å². The Hall–Kier alpha value is -2.18. The van der Waals surface area contributed by atoms with Crippen LogP contribution in [0.4, 0.5) is 13.6 Å². The van der Waals surface area contributed by atoms with Crippen molar-refractivity contribution in [3.05, 3.63) is 35.4 Å². The summed E-state index contributed by atoms with van der Waals surface area (Å²) in [5.74, 6) is -1.12. The number of carbonyl (C=O) groups excluding carboxylic acids is 2. The molecule has 3 aliphatic rings. The van der Waals surface area contributed by atoms with E-state index in [9.17, 15) is 18.4 Å². The highest BCUT2D eigenvalue weighted by Gasteiger charge is 2.50. The van der Waals surface area contributed by atoms with Gasteiger partial charge in [-0.1, -0.05) is 24.3 Å². The highest BCUT2D eigenvalue weighted by atomic mass is 19.3. The minimum absolute atomic E-state index is 0.0830. The molecule has 0 spiro atoms. The van der Waals surface area contributed by atoms with Crippen molar-refractivity contribution >= 4 is 12.0 Å². The van der Waals surface area contributed by atoms with E-state index in [4.69, 9.17) is 4.74 Å². The third kappa shape index (κ3) is 2.34. The Morgan fingerprint density at radius 1 is 1.21 bits per heavy atom. The van der Waals surface area contributed by atoms with Gasteiger partial charge in [0.2, 0.25) is 0 Å². The normalized spacial score (nSPS) is 26.5. The lowest BCUT2D eigenvalue weighted by Crippen LogP contribution is -2.49. The zero-order valence-electron chi connectivity index (χ0n) is 13.0. The number of likely N-dealkylation sites (tertiary alicyclic amines) is 1. The smallest absolute Gasteiger partial charge is 0.411 e. The summed E-state index contributed by atoms with van der Waals surface area (Å²) in [4.78, 5) is 26.7. The predicted octanol–water partition coefficient (Wildman–Crippen LogP) is 2.36. The van der Waals surface area contributed by atoms with Crippen molar-refractivity contribution in [3.8, 4) is 0 Å². The Balaban J connectivity index is 1.51. The fourth-order valence-electron chi connectivity index (χ4n) is 4.15. The summed E-state index contributed by atoms with van der Waals surface area (Å²) in [5.41, 5.74) is 2.30. The number of rotatable bonds is 2. The summed E-state index contributed by atoms with van der Waals surface area (Å²) in [6.07, 6.45) is -1.76. The van der Waals surface area contributed by atoms with E-state index in [1.807, 2.05) is 24.3 Å². The zero-order chi connectivity index (χ0) is 16.8. The van der Waals surface area contributed by atoms with Crippen LogP contribution in [0.3, 0.4) is 0 Å². The Morgan fingerprint density at radius 3 is 2.62 bits per heavy atom. The van der Waals surface area contributed by atoms with Crippen molar-refractivity contribution in [3.63, 3.8) is 0 Å². The van der Waals surface area contributed by atoms with Gasteiger partial charge < -0.3 is 9.64 Å². The van der Waals surface area contributed by atoms with Crippen molar-refractivity contribution in [2.24, 2.45) is 0 Å². The lowest BCUT2D eigenvalue weighted by atomic mass is 9.99. The van der Waals surface area contributed by atoms with E-state index in [1.54, 1.807) is 4.90 Å². The number of halogens is 2. The van der Waals surface area contributed by atoms with Crippen LogP contribution in [0.5, 0.6) is 0 Å². The van der Waals surface area contributed by atoms with E-state index in [-0.39, 0.29) is 37.4 Å². The predicted molar refractivity (Wildman–Crippen MR) is 80.6 cm³/mol. The van der Waals surface area contributed by atoms with Crippen LogP contribution in [-0.4, -0.2) is 53.5 Å². The number of hydrogen-bond acceptors (Lipinski definition) is 3. The van der Waals surface area contributed by atoms with Gasteiger partial charge in [-0.05, 0) is 24.0 Å². The van der Waals surface area contributed by atoms with Crippen molar-refractivity contribution in [2.45, 2.75) is 43.9 Å². The van der Waals surface area contributed by atoms with Gasteiger partial charge in [0, 0.05) is 25.6 Å². The molecule has 4 rings (SSSR count). The molecule has 1 aliphatic carbocycles. The highest BCUT2D eigenvalue weighted by molar-refractivity contribution is 5.79. The summed E-state index contributed by atoms with van der Waals surface area (Å²) < 4.78 is 30.6. The molecular weight excluding hydrogens is 318 g/mol. The maximum Gasteiger partial charge on any atom is 0.411 e. The number of piperidine rings is 1. The van der Waals surface area contributed by atoms with Crippen LogP contribution in [0.1, 0.15) is 30.0 Å². The molecular formula is C17H18F2N2O3. The summed E-state index contributed by atoms with van der Waals surface area (Å²) in [6, 6.07) is 7.80. The number of nitrogens with zero attached hydrogens (tertiary/aromatic N) is 2. The van der Waals surface area contributed by atoms with Gasteiger partial charge in [-0.2, -0.15) is 8.78 Å². The number of carbonyl (C=O) groups is 2. The monoisotopic (exact) mass is 336 g/mol. The zero-order valence-corrected chi connectivity index (χ0v) is 13.0. The van der Waals surface area contributed by atoms with Crippen molar-refractivity contribution in [1.29, 1.82) is 0 Å². The second kappa shape index (κ2) is 5.72. The summed E-state index contributed by atoms with van der Waals surface area (Å²) in [5, 5.41) is 0. The molecule has 2 fully saturated rings. The van der Waals surface area contributed by atoms with Crippen molar-refractivity contribution in [1.82, 2.24) is 9.80 Å². The van der Waals surface area contributed by atoms with Crippen LogP contribution in [0, 0.1) is 0 Å². The van der Waals surface area contributed by atoms with E-state index in [1.165, 1.54) is 10.5 Å². The first kappa shape index (κ1) is 15.4. The minimum atomic E-state index is -2.97. The molecule has 0 N–H and O–H groups in total. The van der Waals surface area contributed by atoms with Gasteiger partial charge in [0.25, 0.3) is 5.91 Å². The molecule has 2 amide bonds. The summed E-state index contributed by atoms with van der Waals surface area (Å²) >= 11 is 0. The minimum Gasteiger partial charge on any atom is -0.443 e. The number of alkyl halides is 2. The fraction of sp³-hybridized carbons (Fsp3) is 0.529. The molecule has 0 saturated carbocycles. The lowest BCUT2D eigenvalue weighted by Gasteiger charge is -2.37. The van der Waals surface area contributed by atoms with E-state index in [2.05, 4.69) is 0 Å². The van der Waals surface area contributed by atoms with Crippen LogP contribution in [0.2, 0.25) is 0 Å². The topological polar surface area (TPSA) is 49.9 Å². The maximum atomic E-state index is 12.5. The van der Waals surface area contributed by atoms with E-state index in [0.29, 0.717) is 19.3 Å². The SMILES string of the molecule is O=C(C(F)F)N1CCC(N2C(=O)O[C@@H]3Cc4ccccc4[C@@H]32)CC1.